The molecule has 72 valence electrons. The largest absolute Gasteiger partial charge is 0.386 e. The number of ether oxygens (including phenoxy) is 1. The Morgan fingerprint density at radius 1 is 1.43 bits per heavy atom. The van der Waals surface area contributed by atoms with Crippen LogP contribution in [0.1, 0.15) is 6.42 Å². The molecule has 2 rings (SSSR count). The molecule has 0 aromatic rings. The van der Waals surface area contributed by atoms with Crippen molar-refractivity contribution in [2.45, 2.75) is 6.42 Å². The van der Waals surface area contributed by atoms with Crippen LogP contribution in [0.15, 0.2) is 23.3 Å². The van der Waals surface area contributed by atoms with Crippen LogP contribution in [0, 0.1) is 5.92 Å². The maximum absolute atomic E-state index is 11.1. The molecule has 14 heavy (non-hydrogen) atoms. The molecule has 5 heteroatoms. The van der Waals surface area contributed by atoms with Crippen molar-refractivity contribution in [1.82, 2.24) is 0 Å². The second kappa shape index (κ2) is 3.06. The van der Waals surface area contributed by atoms with Gasteiger partial charge < -0.3 is 4.74 Å². The molecule has 0 fully saturated rings. The van der Waals surface area contributed by atoms with E-state index in [9.17, 15) is 14.4 Å². The Hall–Kier alpha value is -1.42. The standard InChI is InChI=1S/C9H5ClO4/c10-7(11)4-1-2-5-6(3-4)9(13)14-8(5)12/h1-2,4H,3H2. The molecule has 0 amide bonds. The Labute approximate surface area is 84.2 Å². The Kier molecular flexibility index (Phi) is 2.00. The van der Waals surface area contributed by atoms with Gasteiger partial charge in [0, 0.05) is 0 Å². The van der Waals surface area contributed by atoms with Gasteiger partial charge in [-0.05, 0) is 18.0 Å². The lowest BCUT2D eigenvalue weighted by atomic mass is 9.91. The Morgan fingerprint density at radius 2 is 2.14 bits per heavy atom. The molecule has 0 saturated heterocycles. The molecule has 1 aliphatic heterocycles. The first-order valence-electron chi connectivity index (χ1n) is 3.97. The first-order chi connectivity index (χ1) is 6.59. The van der Waals surface area contributed by atoms with E-state index in [4.69, 9.17) is 11.6 Å². The van der Waals surface area contributed by atoms with E-state index < -0.39 is 23.1 Å². The first-order valence-corrected chi connectivity index (χ1v) is 4.34. The summed E-state index contributed by atoms with van der Waals surface area (Å²) in [5.41, 5.74) is 0.487. The number of carbonyl (C=O) groups is 3. The van der Waals surface area contributed by atoms with Crippen molar-refractivity contribution >= 4 is 28.8 Å². The van der Waals surface area contributed by atoms with Crippen molar-refractivity contribution in [3.8, 4) is 0 Å². The Balaban J connectivity index is 2.33. The van der Waals surface area contributed by atoms with Gasteiger partial charge in [0.1, 0.15) is 0 Å². The molecule has 0 N–H and O–H groups in total. The summed E-state index contributed by atoms with van der Waals surface area (Å²) in [5.74, 6) is -1.85. The SMILES string of the molecule is O=C1OC(=O)C2=C1C=CC(C(=O)Cl)C2. The number of carbonyl (C=O) groups excluding carboxylic acids is 3. The molecule has 0 aromatic heterocycles. The maximum atomic E-state index is 11.1. The van der Waals surface area contributed by atoms with E-state index in [1.807, 2.05) is 0 Å². The number of hydrogen-bond acceptors (Lipinski definition) is 4. The molecule has 0 bridgehead atoms. The number of halogens is 1. The van der Waals surface area contributed by atoms with Crippen LogP contribution in [0.25, 0.3) is 0 Å². The van der Waals surface area contributed by atoms with Crippen molar-refractivity contribution < 1.29 is 19.1 Å². The lowest BCUT2D eigenvalue weighted by Gasteiger charge is -2.10. The minimum atomic E-state index is -0.669. The Bertz CT molecular complexity index is 405. The monoisotopic (exact) mass is 212 g/mol. The Morgan fingerprint density at radius 3 is 2.79 bits per heavy atom. The van der Waals surface area contributed by atoms with E-state index in [0.717, 1.165) is 0 Å². The van der Waals surface area contributed by atoms with Gasteiger partial charge in [0.15, 0.2) is 0 Å². The van der Waals surface area contributed by atoms with Gasteiger partial charge in [-0.3, -0.25) is 4.79 Å². The summed E-state index contributed by atoms with van der Waals surface area (Å²) in [4.78, 5) is 33.0. The third kappa shape index (κ3) is 1.28. The average Bonchev–Trinajstić information content (AvgIpc) is 2.42. The zero-order valence-electron chi connectivity index (χ0n) is 6.95. The summed E-state index contributed by atoms with van der Waals surface area (Å²) >= 11 is 5.28. The predicted octanol–water partition coefficient (Wildman–Crippen LogP) is 0.708. The fraction of sp³-hybridized carbons (Fsp3) is 0.222. The molecule has 1 heterocycles. The van der Waals surface area contributed by atoms with Crippen LogP contribution in [0.4, 0.5) is 0 Å². The minimum Gasteiger partial charge on any atom is -0.386 e. The first kappa shape index (κ1) is 9.15. The molecule has 1 atom stereocenters. The third-order valence-electron chi connectivity index (χ3n) is 2.19. The molecule has 1 aliphatic carbocycles. The van der Waals surface area contributed by atoms with Gasteiger partial charge in [0.25, 0.3) is 0 Å². The normalized spacial score (nSPS) is 25.1. The summed E-state index contributed by atoms with van der Waals surface area (Å²) in [6.07, 6.45) is 3.07. The molecule has 0 spiro atoms. The topological polar surface area (TPSA) is 60.4 Å². The summed E-state index contributed by atoms with van der Waals surface area (Å²) < 4.78 is 4.38. The number of rotatable bonds is 1. The van der Waals surface area contributed by atoms with Crippen molar-refractivity contribution in [3.63, 3.8) is 0 Å². The van der Waals surface area contributed by atoms with Crippen LogP contribution in [0.3, 0.4) is 0 Å². The van der Waals surface area contributed by atoms with Gasteiger partial charge in [-0.1, -0.05) is 12.2 Å². The number of cyclic esters (lactones) is 2. The van der Waals surface area contributed by atoms with Gasteiger partial charge in [0.05, 0.1) is 17.1 Å². The van der Waals surface area contributed by atoms with E-state index >= 15 is 0 Å². The van der Waals surface area contributed by atoms with Crippen LogP contribution in [0.5, 0.6) is 0 Å². The smallest absolute Gasteiger partial charge is 0.346 e. The second-order valence-electron chi connectivity index (χ2n) is 3.04. The van der Waals surface area contributed by atoms with E-state index in [-0.39, 0.29) is 17.6 Å². The lowest BCUT2D eigenvalue weighted by Crippen LogP contribution is -2.13. The average molecular weight is 213 g/mol. The molecule has 0 saturated carbocycles. The highest BCUT2D eigenvalue weighted by molar-refractivity contribution is 6.64. The molecular weight excluding hydrogens is 208 g/mol. The quantitative estimate of drug-likeness (QED) is 0.365. The summed E-state index contributed by atoms with van der Waals surface area (Å²) in [5, 5.41) is -0.542. The molecule has 0 radical (unpaired) electrons. The fourth-order valence-electron chi connectivity index (χ4n) is 1.45. The van der Waals surface area contributed by atoms with Gasteiger partial charge in [-0.25, -0.2) is 9.59 Å². The van der Waals surface area contributed by atoms with Gasteiger partial charge in [0.2, 0.25) is 5.24 Å². The van der Waals surface area contributed by atoms with Crippen molar-refractivity contribution in [2.75, 3.05) is 0 Å². The highest BCUT2D eigenvalue weighted by atomic mass is 35.5. The zero-order valence-corrected chi connectivity index (χ0v) is 7.71. The van der Waals surface area contributed by atoms with Crippen LogP contribution < -0.4 is 0 Å². The van der Waals surface area contributed by atoms with Crippen molar-refractivity contribution in [3.05, 3.63) is 23.3 Å². The number of hydrogen-bond donors (Lipinski definition) is 0. The summed E-state index contributed by atoms with van der Waals surface area (Å²) in [7, 11) is 0. The third-order valence-corrected chi connectivity index (χ3v) is 2.47. The van der Waals surface area contributed by atoms with Crippen LogP contribution in [-0.4, -0.2) is 17.2 Å². The summed E-state index contributed by atoms with van der Waals surface area (Å²) in [6.45, 7) is 0. The van der Waals surface area contributed by atoms with Crippen molar-refractivity contribution in [2.24, 2.45) is 5.92 Å². The summed E-state index contributed by atoms with van der Waals surface area (Å²) in [6, 6.07) is 0. The molecular formula is C9H5ClO4. The fourth-order valence-corrected chi connectivity index (χ4v) is 1.60. The van der Waals surface area contributed by atoms with Crippen molar-refractivity contribution in [1.29, 1.82) is 0 Å². The van der Waals surface area contributed by atoms with E-state index in [1.165, 1.54) is 12.2 Å². The molecule has 2 aliphatic rings. The van der Waals surface area contributed by atoms with E-state index in [2.05, 4.69) is 4.74 Å². The van der Waals surface area contributed by atoms with E-state index in [1.54, 1.807) is 0 Å². The minimum absolute atomic E-state index is 0.152. The lowest BCUT2D eigenvalue weighted by molar-refractivity contribution is -0.151. The highest BCUT2D eigenvalue weighted by Crippen LogP contribution is 2.30. The zero-order chi connectivity index (χ0) is 10.3. The molecule has 4 nitrogen and oxygen atoms in total. The maximum Gasteiger partial charge on any atom is 0.346 e. The predicted molar refractivity (Wildman–Crippen MR) is 46.2 cm³/mol. The second-order valence-corrected chi connectivity index (χ2v) is 3.42. The van der Waals surface area contributed by atoms with Crippen LogP contribution >= 0.6 is 11.6 Å². The number of allylic oxidation sites excluding steroid dienone is 1. The number of esters is 2. The van der Waals surface area contributed by atoms with Gasteiger partial charge >= 0.3 is 11.9 Å². The van der Waals surface area contributed by atoms with Gasteiger partial charge in [-0.2, -0.15) is 0 Å². The molecule has 1 unspecified atom stereocenters. The van der Waals surface area contributed by atoms with Crippen LogP contribution in [0.2, 0.25) is 0 Å². The highest BCUT2D eigenvalue weighted by Gasteiger charge is 2.36. The van der Waals surface area contributed by atoms with Gasteiger partial charge in [-0.15, -0.1) is 0 Å². The molecule has 0 aromatic carbocycles. The van der Waals surface area contributed by atoms with E-state index in [0.29, 0.717) is 0 Å². The van der Waals surface area contributed by atoms with Crippen LogP contribution in [-0.2, 0) is 19.1 Å².